The van der Waals surface area contributed by atoms with E-state index in [2.05, 4.69) is 15.3 Å². The lowest BCUT2D eigenvalue weighted by Crippen LogP contribution is -2.08. The van der Waals surface area contributed by atoms with Crippen molar-refractivity contribution in [2.45, 2.75) is 0 Å². The molecule has 0 spiro atoms. The van der Waals surface area contributed by atoms with Crippen LogP contribution in [0.5, 0.6) is 0 Å². The summed E-state index contributed by atoms with van der Waals surface area (Å²) in [6.45, 7) is 0. The molecule has 3 rings (SSSR count). The van der Waals surface area contributed by atoms with Crippen molar-refractivity contribution in [3.8, 4) is 0 Å². The molecule has 0 fully saturated rings. The molecule has 0 aliphatic carbocycles. The minimum absolute atomic E-state index is 0.00461. The number of anilines is 1. The third kappa shape index (κ3) is 3.70. The Morgan fingerprint density at radius 2 is 1.96 bits per heavy atom. The van der Waals surface area contributed by atoms with Crippen molar-refractivity contribution in [3.05, 3.63) is 71.3 Å². The highest BCUT2D eigenvalue weighted by molar-refractivity contribution is 6.30. The quantitative estimate of drug-likeness (QED) is 0.738. The molecule has 0 saturated heterocycles. The Morgan fingerprint density at radius 1 is 1.17 bits per heavy atom. The van der Waals surface area contributed by atoms with Gasteiger partial charge in [0.2, 0.25) is 5.91 Å². The largest absolute Gasteiger partial charge is 0.322 e. The second-order valence-corrected chi connectivity index (χ2v) is 5.14. The van der Waals surface area contributed by atoms with Gasteiger partial charge < -0.3 is 5.32 Å². The van der Waals surface area contributed by atoms with Gasteiger partial charge in [0.15, 0.2) is 0 Å². The molecule has 23 heavy (non-hydrogen) atoms. The molecule has 0 aliphatic heterocycles. The van der Waals surface area contributed by atoms with Crippen LogP contribution in [0.15, 0.2) is 54.7 Å². The Hall–Kier alpha value is -2.79. The van der Waals surface area contributed by atoms with E-state index < -0.39 is 11.7 Å². The highest BCUT2D eigenvalue weighted by atomic mass is 35.5. The zero-order valence-electron chi connectivity index (χ0n) is 11.8. The molecule has 4 nitrogen and oxygen atoms in total. The fourth-order valence-corrected chi connectivity index (χ4v) is 2.09. The van der Waals surface area contributed by atoms with Gasteiger partial charge in [-0.2, -0.15) is 0 Å². The van der Waals surface area contributed by atoms with Crippen molar-refractivity contribution in [2.24, 2.45) is 0 Å². The standard InChI is InChI=1S/C17H11ClFN3O/c18-13-7-5-11(9-14(13)19)22-17(23)8-6-12-10-20-15-3-1-2-4-16(15)21-12/h1-10H,(H,22,23)/b8-6+. The van der Waals surface area contributed by atoms with E-state index in [-0.39, 0.29) is 5.02 Å². The number of carbonyl (C=O) groups excluding carboxylic acids is 1. The topological polar surface area (TPSA) is 54.9 Å². The number of benzene rings is 2. The molecule has 1 heterocycles. The normalized spacial score (nSPS) is 11.0. The molecule has 3 aromatic rings. The summed E-state index contributed by atoms with van der Waals surface area (Å²) in [5, 5.41) is 2.55. The smallest absolute Gasteiger partial charge is 0.248 e. The average Bonchev–Trinajstić information content (AvgIpc) is 2.56. The molecular formula is C17H11ClFN3O. The maximum atomic E-state index is 13.3. The molecule has 2 aromatic carbocycles. The van der Waals surface area contributed by atoms with E-state index >= 15 is 0 Å². The summed E-state index contributed by atoms with van der Waals surface area (Å²) in [5.41, 5.74) is 2.41. The Kier molecular flexibility index (Phi) is 4.30. The van der Waals surface area contributed by atoms with Crippen LogP contribution in [0.2, 0.25) is 5.02 Å². The summed E-state index contributed by atoms with van der Waals surface area (Å²) in [5.74, 6) is -0.990. The molecule has 1 amide bonds. The zero-order valence-corrected chi connectivity index (χ0v) is 12.6. The van der Waals surface area contributed by atoms with Crippen LogP contribution >= 0.6 is 11.6 Å². The predicted molar refractivity (Wildman–Crippen MR) is 88.6 cm³/mol. The molecule has 0 aliphatic rings. The fraction of sp³-hybridized carbons (Fsp3) is 0. The predicted octanol–water partition coefficient (Wildman–Crippen LogP) is 4.07. The van der Waals surface area contributed by atoms with Gasteiger partial charge in [0.25, 0.3) is 0 Å². The second kappa shape index (κ2) is 6.54. The van der Waals surface area contributed by atoms with Crippen LogP contribution in [0, 0.1) is 5.82 Å². The van der Waals surface area contributed by atoms with Crippen LogP contribution < -0.4 is 5.32 Å². The van der Waals surface area contributed by atoms with E-state index in [0.29, 0.717) is 11.4 Å². The zero-order chi connectivity index (χ0) is 16.2. The highest BCUT2D eigenvalue weighted by Gasteiger charge is 2.03. The monoisotopic (exact) mass is 327 g/mol. The number of amides is 1. The summed E-state index contributed by atoms with van der Waals surface area (Å²) in [4.78, 5) is 20.5. The molecular weight excluding hydrogens is 317 g/mol. The summed E-state index contributed by atoms with van der Waals surface area (Å²) in [6, 6.07) is 11.5. The van der Waals surface area contributed by atoms with Crippen LogP contribution in [-0.2, 0) is 4.79 Å². The SMILES string of the molecule is O=C(/C=C/c1cnc2ccccc2n1)Nc1ccc(Cl)c(F)c1. The number of rotatable bonds is 3. The summed E-state index contributed by atoms with van der Waals surface area (Å²) in [6.07, 6.45) is 4.43. The van der Waals surface area contributed by atoms with E-state index in [4.69, 9.17) is 11.6 Å². The molecule has 0 radical (unpaired) electrons. The van der Waals surface area contributed by atoms with Gasteiger partial charge in [-0.15, -0.1) is 0 Å². The van der Waals surface area contributed by atoms with Crippen molar-refractivity contribution in [1.29, 1.82) is 0 Å². The lowest BCUT2D eigenvalue weighted by atomic mass is 10.3. The maximum absolute atomic E-state index is 13.3. The minimum atomic E-state index is -0.589. The third-order valence-electron chi connectivity index (χ3n) is 3.06. The highest BCUT2D eigenvalue weighted by Crippen LogP contribution is 2.18. The van der Waals surface area contributed by atoms with Gasteiger partial charge in [0.05, 0.1) is 27.9 Å². The number of fused-ring (bicyclic) bond motifs is 1. The lowest BCUT2D eigenvalue weighted by Gasteiger charge is -2.03. The number of nitrogens with one attached hydrogen (secondary N) is 1. The van der Waals surface area contributed by atoms with Crippen LogP contribution in [0.1, 0.15) is 5.69 Å². The number of halogens is 2. The van der Waals surface area contributed by atoms with Gasteiger partial charge in [-0.05, 0) is 36.4 Å². The molecule has 1 N–H and O–H groups in total. The van der Waals surface area contributed by atoms with Crippen LogP contribution in [0.3, 0.4) is 0 Å². The Labute approximate surface area is 136 Å². The van der Waals surface area contributed by atoms with Crippen LogP contribution in [0.4, 0.5) is 10.1 Å². The number of carbonyl (C=O) groups is 1. The van der Waals surface area contributed by atoms with E-state index in [1.807, 2.05) is 24.3 Å². The van der Waals surface area contributed by atoms with Gasteiger partial charge >= 0.3 is 0 Å². The first kappa shape index (κ1) is 15.1. The van der Waals surface area contributed by atoms with Gasteiger partial charge in [0, 0.05) is 11.8 Å². The third-order valence-corrected chi connectivity index (χ3v) is 3.37. The van der Waals surface area contributed by atoms with Gasteiger partial charge in [-0.1, -0.05) is 23.7 Å². The number of nitrogens with zero attached hydrogens (tertiary/aromatic N) is 2. The van der Waals surface area contributed by atoms with Crippen molar-refractivity contribution in [3.63, 3.8) is 0 Å². The van der Waals surface area contributed by atoms with Crippen molar-refractivity contribution in [1.82, 2.24) is 9.97 Å². The van der Waals surface area contributed by atoms with Crippen molar-refractivity contribution in [2.75, 3.05) is 5.32 Å². The Balaban J connectivity index is 1.72. The molecule has 0 bridgehead atoms. The van der Waals surface area contributed by atoms with Crippen LogP contribution in [0.25, 0.3) is 17.1 Å². The molecule has 0 atom stereocenters. The maximum Gasteiger partial charge on any atom is 0.248 e. The molecule has 1 aromatic heterocycles. The van der Waals surface area contributed by atoms with E-state index in [1.165, 1.54) is 18.2 Å². The van der Waals surface area contributed by atoms with Gasteiger partial charge in [-0.25, -0.2) is 9.37 Å². The fourth-order valence-electron chi connectivity index (χ4n) is 1.97. The number of aromatic nitrogens is 2. The first-order valence-corrected chi connectivity index (χ1v) is 7.15. The van der Waals surface area contributed by atoms with Crippen molar-refractivity contribution < 1.29 is 9.18 Å². The lowest BCUT2D eigenvalue weighted by molar-refractivity contribution is -0.111. The second-order valence-electron chi connectivity index (χ2n) is 4.74. The number of para-hydroxylation sites is 2. The number of hydrogen-bond acceptors (Lipinski definition) is 3. The van der Waals surface area contributed by atoms with Gasteiger partial charge in [0.1, 0.15) is 5.82 Å². The molecule has 114 valence electrons. The van der Waals surface area contributed by atoms with Crippen LogP contribution in [-0.4, -0.2) is 15.9 Å². The summed E-state index contributed by atoms with van der Waals surface area (Å²) in [7, 11) is 0. The van der Waals surface area contributed by atoms with Gasteiger partial charge in [-0.3, -0.25) is 9.78 Å². The number of hydrogen-bond donors (Lipinski definition) is 1. The Bertz CT molecular complexity index is 911. The Morgan fingerprint density at radius 3 is 2.74 bits per heavy atom. The first-order valence-electron chi connectivity index (χ1n) is 6.78. The summed E-state index contributed by atoms with van der Waals surface area (Å²) < 4.78 is 13.3. The summed E-state index contributed by atoms with van der Waals surface area (Å²) >= 11 is 5.59. The molecule has 0 saturated carbocycles. The molecule has 6 heteroatoms. The first-order chi connectivity index (χ1) is 11.1. The van der Waals surface area contributed by atoms with Crippen molar-refractivity contribution >= 4 is 40.3 Å². The average molecular weight is 328 g/mol. The van der Waals surface area contributed by atoms with E-state index in [9.17, 15) is 9.18 Å². The minimum Gasteiger partial charge on any atom is -0.322 e. The van der Waals surface area contributed by atoms with E-state index in [0.717, 1.165) is 17.1 Å². The van der Waals surface area contributed by atoms with E-state index in [1.54, 1.807) is 12.3 Å². The molecule has 0 unspecified atom stereocenters.